The molecule has 2 fully saturated rings. The van der Waals surface area contributed by atoms with Gasteiger partial charge in [-0.25, -0.2) is 9.78 Å². The van der Waals surface area contributed by atoms with E-state index in [0.29, 0.717) is 41.1 Å². The van der Waals surface area contributed by atoms with E-state index in [4.69, 9.17) is 30.8 Å². The minimum Gasteiger partial charge on any atom is -0.456 e. The zero-order valence-corrected chi connectivity index (χ0v) is 20.3. The molecule has 3 atom stereocenters. The second kappa shape index (κ2) is 8.88. The number of H-pyrrole nitrogens is 2. The van der Waals surface area contributed by atoms with Crippen molar-refractivity contribution in [3.05, 3.63) is 82.5 Å². The van der Waals surface area contributed by atoms with Gasteiger partial charge in [0.25, 0.3) is 6.01 Å². The van der Waals surface area contributed by atoms with Crippen LogP contribution in [0.2, 0.25) is 5.02 Å². The first-order chi connectivity index (χ1) is 18.1. The number of aromatic amines is 2. The molecular formula is C27H22ClN5O4. The molecule has 2 aromatic carbocycles. The standard InChI is InChI=1S/C27H22ClN5O4/c28-19-13-20-25(32-26(30-20)37-22-14-36-21-9-12-35-24(21)22)31-23(19)17-3-1-15(2-4-17)16-5-7-18(8-6-16)33-11-10-29-27(33)34/h1-8,10-11,13,21-22,24H,9,12,14H2,(H,29,34)(H,30,31,32)/t21-,22-,24+/m1/s1. The van der Waals surface area contributed by atoms with Gasteiger partial charge in [-0.15, -0.1) is 0 Å². The molecule has 3 aromatic heterocycles. The number of hydrogen-bond donors (Lipinski definition) is 2. The third kappa shape index (κ3) is 4.01. The van der Waals surface area contributed by atoms with E-state index in [-0.39, 0.29) is 24.0 Å². The fraction of sp³-hybridized carbons (Fsp3) is 0.222. The molecule has 0 radical (unpaired) electrons. The summed E-state index contributed by atoms with van der Waals surface area (Å²) in [6, 6.07) is 18.0. The van der Waals surface area contributed by atoms with Gasteiger partial charge in [0.1, 0.15) is 6.10 Å². The van der Waals surface area contributed by atoms with Crippen LogP contribution in [0.5, 0.6) is 6.01 Å². The molecule has 10 heteroatoms. The van der Waals surface area contributed by atoms with Crippen LogP contribution in [0.25, 0.3) is 39.2 Å². The molecule has 0 bridgehead atoms. The Kier molecular flexibility index (Phi) is 5.35. The molecule has 0 amide bonds. The quantitative estimate of drug-likeness (QED) is 0.360. The molecule has 0 saturated carbocycles. The average molecular weight is 516 g/mol. The summed E-state index contributed by atoms with van der Waals surface area (Å²) in [5.41, 5.74) is 5.45. The topological polar surface area (TPSA) is 107 Å². The molecule has 186 valence electrons. The first-order valence-electron chi connectivity index (χ1n) is 12.1. The van der Waals surface area contributed by atoms with Gasteiger partial charge in [-0.2, -0.15) is 4.98 Å². The van der Waals surface area contributed by atoms with E-state index < -0.39 is 0 Å². The fourth-order valence-corrected chi connectivity index (χ4v) is 5.25. The highest BCUT2D eigenvalue weighted by molar-refractivity contribution is 6.33. The number of fused-ring (bicyclic) bond motifs is 2. The average Bonchev–Trinajstić information content (AvgIpc) is 3.70. The molecule has 2 aliphatic rings. The summed E-state index contributed by atoms with van der Waals surface area (Å²) in [6.07, 6.45) is 4.05. The van der Waals surface area contributed by atoms with Gasteiger partial charge in [-0.1, -0.05) is 48.0 Å². The number of nitrogens with zero attached hydrogens (tertiary/aromatic N) is 3. The Morgan fingerprint density at radius 2 is 1.76 bits per heavy atom. The summed E-state index contributed by atoms with van der Waals surface area (Å²) in [5.74, 6) is 0. The lowest BCUT2D eigenvalue weighted by Gasteiger charge is -2.15. The third-order valence-corrected chi connectivity index (χ3v) is 7.16. The zero-order valence-electron chi connectivity index (χ0n) is 19.6. The lowest BCUT2D eigenvalue weighted by atomic mass is 10.0. The van der Waals surface area contributed by atoms with Crippen molar-refractivity contribution in [2.45, 2.75) is 24.7 Å². The number of hydrogen-bond acceptors (Lipinski definition) is 6. The maximum atomic E-state index is 11.8. The number of ether oxygens (including phenoxy) is 3. The Morgan fingerprint density at radius 1 is 1.00 bits per heavy atom. The molecule has 2 aliphatic heterocycles. The van der Waals surface area contributed by atoms with Gasteiger partial charge in [0.05, 0.1) is 34.6 Å². The molecule has 37 heavy (non-hydrogen) atoms. The van der Waals surface area contributed by atoms with Crippen molar-refractivity contribution in [2.24, 2.45) is 0 Å². The maximum Gasteiger partial charge on any atom is 0.330 e. The Balaban J connectivity index is 1.12. The summed E-state index contributed by atoms with van der Waals surface area (Å²) in [4.78, 5) is 26.9. The van der Waals surface area contributed by atoms with Crippen molar-refractivity contribution in [3.63, 3.8) is 0 Å². The molecule has 9 nitrogen and oxygen atoms in total. The highest BCUT2D eigenvalue weighted by atomic mass is 35.5. The minimum atomic E-state index is -0.200. The lowest BCUT2D eigenvalue weighted by Crippen LogP contribution is -2.32. The van der Waals surface area contributed by atoms with Crippen LogP contribution in [-0.2, 0) is 9.47 Å². The molecule has 7 rings (SSSR count). The Morgan fingerprint density at radius 3 is 2.51 bits per heavy atom. The first-order valence-corrected chi connectivity index (χ1v) is 12.4. The van der Waals surface area contributed by atoms with Crippen LogP contribution in [-0.4, -0.2) is 56.0 Å². The number of rotatable bonds is 5. The number of benzene rings is 2. The Bertz CT molecular complexity index is 1640. The number of imidazole rings is 2. The van der Waals surface area contributed by atoms with Crippen LogP contribution in [0.4, 0.5) is 0 Å². The molecular weight excluding hydrogens is 494 g/mol. The van der Waals surface area contributed by atoms with Gasteiger partial charge >= 0.3 is 5.69 Å². The van der Waals surface area contributed by atoms with Gasteiger partial charge in [0, 0.05) is 24.6 Å². The summed E-state index contributed by atoms with van der Waals surface area (Å²) in [7, 11) is 0. The second-order valence-corrected chi connectivity index (χ2v) is 9.55. The van der Waals surface area contributed by atoms with E-state index in [2.05, 4.69) is 15.0 Å². The third-order valence-electron chi connectivity index (χ3n) is 6.87. The summed E-state index contributed by atoms with van der Waals surface area (Å²) < 4.78 is 19.1. The van der Waals surface area contributed by atoms with E-state index in [1.54, 1.807) is 17.0 Å². The van der Waals surface area contributed by atoms with E-state index in [1.165, 1.54) is 0 Å². The molecule has 5 heterocycles. The molecule has 2 saturated heterocycles. The predicted molar refractivity (Wildman–Crippen MR) is 138 cm³/mol. The fourth-order valence-electron chi connectivity index (χ4n) is 4.99. The van der Waals surface area contributed by atoms with Crippen LogP contribution in [0.15, 0.2) is 71.8 Å². The van der Waals surface area contributed by atoms with E-state index in [0.717, 1.165) is 28.8 Å². The highest BCUT2D eigenvalue weighted by Crippen LogP contribution is 2.33. The first kappa shape index (κ1) is 22.3. The van der Waals surface area contributed by atoms with E-state index >= 15 is 0 Å². The van der Waals surface area contributed by atoms with Gasteiger partial charge in [0.2, 0.25) is 0 Å². The predicted octanol–water partition coefficient (Wildman–Crippen LogP) is 4.36. The maximum absolute atomic E-state index is 11.8. The number of pyridine rings is 1. The molecule has 0 unspecified atom stereocenters. The summed E-state index contributed by atoms with van der Waals surface area (Å²) >= 11 is 6.60. The van der Waals surface area contributed by atoms with E-state index in [1.807, 2.05) is 54.6 Å². The van der Waals surface area contributed by atoms with Crippen LogP contribution < -0.4 is 10.4 Å². The molecule has 0 aliphatic carbocycles. The minimum absolute atomic E-state index is 0.0633. The van der Waals surface area contributed by atoms with Gasteiger partial charge in [0.15, 0.2) is 11.8 Å². The second-order valence-electron chi connectivity index (χ2n) is 9.14. The lowest BCUT2D eigenvalue weighted by molar-refractivity contribution is 0.0273. The highest BCUT2D eigenvalue weighted by Gasteiger charge is 2.43. The van der Waals surface area contributed by atoms with Crippen molar-refractivity contribution in [1.82, 2.24) is 24.5 Å². The largest absolute Gasteiger partial charge is 0.456 e. The number of nitrogens with one attached hydrogen (secondary N) is 2. The van der Waals surface area contributed by atoms with Crippen LogP contribution in [0.3, 0.4) is 0 Å². The van der Waals surface area contributed by atoms with Crippen LogP contribution in [0, 0.1) is 0 Å². The number of aromatic nitrogens is 5. The van der Waals surface area contributed by atoms with Crippen molar-refractivity contribution < 1.29 is 14.2 Å². The number of halogens is 1. The van der Waals surface area contributed by atoms with Crippen molar-refractivity contribution in [3.8, 4) is 34.1 Å². The van der Waals surface area contributed by atoms with Crippen molar-refractivity contribution in [2.75, 3.05) is 13.2 Å². The smallest absolute Gasteiger partial charge is 0.330 e. The Hall–Kier alpha value is -3.92. The Labute approximate surface area is 216 Å². The zero-order chi connectivity index (χ0) is 24.9. The summed E-state index contributed by atoms with van der Waals surface area (Å²) in [6.45, 7) is 1.17. The van der Waals surface area contributed by atoms with Gasteiger partial charge in [-0.3, -0.25) is 4.57 Å². The van der Waals surface area contributed by atoms with Crippen LogP contribution in [0.1, 0.15) is 6.42 Å². The van der Waals surface area contributed by atoms with Gasteiger partial charge < -0.3 is 24.2 Å². The monoisotopic (exact) mass is 515 g/mol. The van der Waals surface area contributed by atoms with Crippen molar-refractivity contribution in [1.29, 1.82) is 0 Å². The van der Waals surface area contributed by atoms with Crippen molar-refractivity contribution >= 4 is 22.8 Å². The SMILES string of the molecule is O=c1[nH]ccn1-c1ccc(-c2ccc(-c3nc4nc(O[C@@H]5CO[C@@H]6CCO[C@@H]65)[nH]c4cc3Cl)cc2)cc1. The van der Waals surface area contributed by atoms with Crippen LogP contribution >= 0.6 is 11.6 Å². The molecule has 5 aromatic rings. The molecule has 0 spiro atoms. The van der Waals surface area contributed by atoms with Gasteiger partial charge in [-0.05, 0) is 35.7 Å². The normalized spacial score (nSPS) is 20.9. The summed E-state index contributed by atoms with van der Waals surface area (Å²) in [5, 5.41) is 0.514. The molecule has 2 N–H and O–H groups in total. The van der Waals surface area contributed by atoms with E-state index in [9.17, 15) is 4.79 Å².